The van der Waals surface area contributed by atoms with Crippen molar-refractivity contribution >= 4 is 23.7 Å². The van der Waals surface area contributed by atoms with Gasteiger partial charge in [-0.05, 0) is 68.2 Å². The highest BCUT2D eigenvalue weighted by atomic mass is 16.5. The predicted molar refractivity (Wildman–Crippen MR) is 156 cm³/mol. The van der Waals surface area contributed by atoms with Crippen LogP contribution in [0.15, 0.2) is 71.9 Å². The van der Waals surface area contributed by atoms with Crippen LogP contribution >= 0.6 is 0 Å². The SMILES string of the molecule is CCOC(=O)C1(C=CCCNC(=O)C(c2ccc(CN3N=C(c4ccccc4)OCC3=O)cc2)C2CCCC2)CC1. The van der Waals surface area contributed by atoms with Gasteiger partial charge in [-0.25, -0.2) is 5.01 Å². The molecular weight excluding hydrogens is 518 g/mol. The quantitative estimate of drug-likeness (QED) is 0.223. The molecule has 41 heavy (non-hydrogen) atoms. The van der Waals surface area contributed by atoms with Gasteiger partial charge >= 0.3 is 5.97 Å². The second-order valence-corrected chi connectivity index (χ2v) is 11.1. The minimum atomic E-state index is -0.450. The molecule has 2 aromatic carbocycles. The number of esters is 1. The number of hydrogen-bond acceptors (Lipinski definition) is 6. The van der Waals surface area contributed by atoms with Crippen LogP contribution in [-0.2, 0) is 30.4 Å². The average Bonchev–Trinajstić information content (AvgIpc) is 3.60. The van der Waals surface area contributed by atoms with Gasteiger partial charge in [-0.2, -0.15) is 0 Å². The Morgan fingerprint density at radius 1 is 1.12 bits per heavy atom. The Labute approximate surface area is 241 Å². The van der Waals surface area contributed by atoms with E-state index in [1.54, 1.807) is 0 Å². The number of carbonyl (C=O) groups is 3. The van der Waals surface area contributed by atoms with E-state index in [0.717, 1.165) is 55.2 Å². The van der Waals surface area contributed by atoms with E-state index in [1.807, 2.05) is 73.7 Å². The number of amides is 2. The van der Waals surface area contributed by atoms with Gasteiger partial charge in [-0.1, -0.05) is 67.5 Å². The molecule has 1 aliphatic heterocycles. The van der Waals surface area contributed by atoms with E-state index < -0.39 is 5.41 Å². The van der Waals surface area contributed by atoms with Crippen molar-refractivity contribution in [2.45, 2.75) is 64.3 Å². The van der Waals surface area contributed by atoms with E-state index in [9.17, 15) is 14.4 Å². The molecule has 2 fully saturated rings. The molecule has 0 bridgehead atoms. The Morgan fingerprint density at radius 2 is 1.85 bits per heavy atom. The van der Waals surface area contributed by atoms with E-state index in [2.05, 4.69) is 10.4 Å². The average molecular weight is 558 g/mol. The summed E-state index contributed by atoms with van der Waals surface area (Å²) >= 11 is 0. The maximum atomic E-state index is 13.4. The lowest BCUT2D eigenvalue weighted by molar-refractivity contribution is -0.147. The maximum absolute atomic E-state index is 13.4. The number of benzene rings is 2. The standard InChI is InChI=1S/C33H39N3O5/c1-2-40-32(39)33(19-20-33)18-8-9-21-34-30(38)29(25-10-6-7-11-25)26-16-14-24(15-17-26)22-36-28(37)23-41-31(35-36)27-12-4-3-5-13-27/h3-5,8,12-18,25,29H,2,6-7,9-11,19-23H2,1H3,(H,34,38). The monoisotopic (exact) mass is 557 g/mol. The van der Waals surface area contributed by atoms with Gasteiger partial charge in [-0.15, -0.1) is 5.10 Å². The third-order valence-electron chi connectivity index (χ3n) is 8.20. The summed E-state index contributed by atoms with van der Waals surface area (Å²) in [6.07, 6.45) is 10.6. The van der Waals surface area contributed by atoms with Crippen LogP contribution in [0.25, 0.3) is 0 Å². The van der Waals surface area contributed by atoms with Crippen molar-refractivity contribution in [1.29, 1.82) is 0 Å². The summed E-state index contributed by atoms with van der Waals surface area (Å²) in [5.74, 6) is 0.242. The van der Waals surface area contributed by atoms with Gasteiger partial charge in [0.1, 0.15) is 0 Å². The number of hydrogen-bond donors (Lipinski definition) is 1. The zero-order valence-corrected chi connectivity index (χ0v) is 23.7. The van der Waals surface area contributed by atoms with Crippen molar-refractivity contribution < 1.29 is 23.9 Å². The molecular formula is C33H39N3O5. The van der Waals surface area contributed by atoms with Crippen LogP contribution in [-0.4, -0.2) is 48.4 Å². The molecule has 0 aromatic heterocycles. The van der Waals surface area contributed by atoms with E-state index in [0.29, 0.717) is 37.9 Å². The summed E-state index contributed by atoms with van der Waals surface area (Å²) in [4.78, 5) is 38.1. The van der Waals surface area contributed by atoms with Crippen LogP contribution in [0.3, 0.4) is 0 Å². The first-order valence-electron chi connectivity index (χ1n) is 14.8. The first-order chi connectivity index (χ1) is 20.0. The van der Waals surface area contributed by atoms with Crippen molar-refractivity contribution in [3.05, 3.63) is 83.4 Å². The van der Waals surface area contributed by atoms with Crippen molar-refractivity contribution in [3.8, 4) is 0 Å². The number of ether oxygens (including phenoxy) is 2. The summed E-state index contributed by atoms with van der Waals surface area (Å²) in [6, 6.07) is 17.5. The van der Waals surface area contributed by atoms with Gasteiger partial charge in [0, 0.05) is 12.1 Å². The molecule has 2 aromatic rings. The van der Waals surface area contributed by atoms with Crippen molar-refractivity contribution in [2.75, 3.05) is 19.8 Å². The van der Waals surface area contributed by atoms with E-state index >= 15 is 0 Å². The molecule has 0 radical (unpaired) electrons. The molecule has 0 saturated heterocycles. The highest BCUT2D eigenvalue weighted by molar-refractivity contribution is 5.97. The van der Waals surface area contributed by atoms with E-state index in [-0.39, 0.29) is 30.3 Å². The normalized spacial score (nSPS) is 19.0. The molecule has 2 aliphatic carbocycles. The molecule has 0 spiro atoms. The van der Waals surface area contributed by atoms with Crippen LogP contribution in [0.5, 0.6) is 0 Å². The minimum Gasteiger partial charge on any atom is -0.466 e. The molecule has 1 unspecified atom stereocenters. The van der Waals surface area contributed by atoms with E-state index in [1.165, 1.54) is 5.01 Å². The molecule has 8 nitrogen and oxygen atoms in total. The fraction of sp³-hybridized carbons (Fsp3) is 0.455. The molecule has 2 saturated carbocycles. The molecule has 1 atom stereocenters. The summed E-state index contributed by atoms with van der Waals surface area (Å²) in [7, 11) is 0. The fourth-order valence-electron chi connectivity index (χ4n) is 5.72. The molecule has 1 heterocycles. The van der Waals surface area contributed by atoms with Crippen molar-refractivity contribution in [3.63, 3.8) is 0 Å². The number of nitrogens with zero attached hydrogens (tertiary/aromatic N) is 2. The summed E-state index contributed by atoms with van der Waals surface area (Å²) in [5.41, 5.74) is 2.31. The van der Waals surface area contributed by atoms with Gasteiger partial charge < -0.3 is 14.8 Å². The summed E-state index contributed by atoms with van der Waals surface area (Å²) < 4.78 is 10.7. The Bertz CT molecular complexity index is 1280. The first-order valence-corrected chi connectivity index (χ1v) is 14.8. The van der Waals surface area contributed by atoms with Gasteiger partial charge in [-0.3, -0.25) is 14.4 Å². The number of hydrazone groups is 1. The third-order valence-corrected chi connectivity index (χ3v) is 8.20. The Balaban J connectivity index is 1.20. The van der Waals surface area contributed by atoms with Gasteiger partial charge in [0.05, 0.1) is 24.5 Å². The topological polar surface area (TPSA) is 97.3 Å². The van der Waals surface area contributed by atoms with Crippen LogP contribution in [0, 0.1) is 11.3 Å². The highest BCUT2D eigenvalue weighted by Crippen LogP contribution is 2.48. The molecule has 5 rings (SSSR count). The summed E-state index contributed by atoms with van der Waals surface area (Å²) in [5, 5.41) is 9.03. The Kier molecular flexibility index (Phi) is 9.17. The zero-order chi connectivity index (χ0) is 28.7. The Hall–Kier alpha value is -3.94. The van der Waals surface area contributed by atoms with Crippen LogP contribution in [0.1, 0.15) is 74.5 Å². The molecule has 2 amide bonds. The van der Waals surface area contributed by atoms with Crippen LogP contribution < -0.4 is 5.32 Å². The Morgan fingerprint density at radius 3 is 2.54 bits per heavy atom. The van der Waals surface area contributed by atoms with Gasteiger partial charge in [0.2, 0.25) is 11.8 Å². The largest absolute Gasteiger partial charge is 0.466 e. The molecule has 8 heteroatoms. The second-order valence-electron chi connectivity index (χ2n) is 11.1. The van der Waals surface area contributed by atoms with Gasteiger partial charge in [0.25, 0.3) is 5.91 Å². The fourth-order valence-corrected chi connectivity index (χ4v) is 5.72. The highest BCUT2D eigenvalue weighted by Gasteiger charge is 2.48. The number of carbonyl (C=O) groups excluding carboxylic acids is 3. The van der Waals surface area contributed by atoms with Gasteiger partial charge in [0.15, 0.2) is 6.61 Å². The van der Waals surface area contributed by atoms with Crippen LogP contribution in [0.2, 0.25) is 0 Å². The second kappa shape index (κ2) is 13.1. The zero-order valence-electron chi connectivity index (χ0n) is 23.7. The maximum Gasteiger partial charge on any atom is 0.315 e. The van der Waals surface area contributed by atoms with Crippen LogP contribution in [0.4, 0.5) is 0 Å². The lowest BCUT2D eigenvalue weighted by Gasteiger charge is -2.25. The van der Waals surface area contributed by atoms with Crippen molar-refractivity contribution in [2.24, 2.45) is 16.4 Å². The lowest BCUT2D eigenvalue weighted by atomic mass is 9.83. The smallest absolute Gasteiger partial charge is 0.315 e. The molecule has 3 aliphatic rings. The number of rotatable bonds is 12. The minimum absolute atomic E-state index is 0.0463. The third kappa shape index (κ3) is 7.04. The lowest BCUT2D eigenvalue weighted by Crippen LogP contribution is -2.36. The van der Waals surface area contributed by atoms with Crippen molar-refractivity contribution in [1.82, 2.24) is 10.3 Å². The molecule has 1 N–H and O–H groups in total. The first kappa shape index (κ1) is 28.6. The number of nitrogens with one attached hydrogen (secondary N) is 1. The van der Waals surface area contributed by atoms with E-state index in [4.69, 9.17) is 9.47 Å². The molecule has 216 valence electrons. The summed E-state index contributed by atoms with van der Waals surface area (Å²) in [6.45, 7) is 3.02. The predicted octanol–water partition coefficient (Wildman–Crippen LogP) is 5.09.